The van der Waals surface area contributed by atoms with Gasteiger partial charge in [0.25, 0.3) is 17.7 Å². The van der Waals surface area contributed by atoms with E-state index in [0.717, 1.165) is 49.4 Å². The van der Waals surface area contributed by atoms with E-state index in [4.69, 9.17) is 9.47 Å². The summed E-state index contributed by atoms with van der Waals surface area (Å²) in [7, 11) is 6.88. The van der Waals surface area contributed by atoms with Gasteiger partial charge in [0.15, 0.2) is 0 Å². The van der Waals surface area contributed by atoms with Crippen LogP contribution in [0, 0.1) is 0 Å². The summed E-state index contributed by atoms with van der Waals surface area (Å²) in [5.41, 5.74) is 4.23. The highest BCUT2D eigenvalue weighted by Gasteiger charge is 2.20. The third-order valence-corrected chi connectivity index (χ3v) is 8.31. The smallest absolute Gasteiger partial charge is 0.272 e. The Balaban J connectivity index is 1.12. The predicted octanol–water partition coefficient (Wildman–Crippen LogP) is 4.89. The van der Waals surface area contributed by atoms with Crippen LogP contribution in [0.1, 0.15) is 55.3 Å². The van der Waals surface area contributed by atoms with Crippen molar-refractivity contribution >= 4 is 41.2 Å². The molecule has 0 unspecified atom stereocenters. The minimum absolute atomic E-state index is 0.204. The molecule has 11 nitrogen and oxygen atoms in total. The summed E-state index contributed by atoms with van der Waals surface area (Å²) < 4.78 is 14.0. The number of piperidine rings is 1. The lowest BCUT2D eigenvalue weighted by molar-refractivity contribution is 0.0413. The number of carbonyl (C=O) groups excluding carboxylic acids is 3. The zero-order chi connectivity index (χ0) is 33.3. The third-order valence-electron chi connectivity index (χ3n) is 8.31. The first-order chi connectivity index (χ1) is 22.7. The van der Waals surface area contributed by atoms with Crippen LogP contribution in [-0.2, 0) is 18.8 Å². The van der Waals surface area contributed by atoms with Gasteiger partial charge in [-0.25, -0.2) is 0 Å². The van der Waals surface area contributed by atoms with Crippen LogP contribution >= 0.6 is 0 Å². The number of nitrogens with zero attached hydrogens (tertiary/aromatic N) is 3. The minimum atomic E-state index is -0.364. The summed E-state index contributed by atoms with van der Waals surface area (Å²) in [6.07, 6.45) is 9.65. The molecule has 4 aromatic rings. The molecule has 47 heavy (non-hydrogen) atoms. The molecule has 246 valence electrons. The number of ether oxygens (including phenoxy) is 2. The first-order valence-electron chi connectivity index (χ1n) is 15.6. The highest BCUT2D eigenvalue weighted by molar-refractivity contribution is 6.07. The lowest BCUT2D eigenvalue weighted by Crippen LogP contribution is -2.41. The largest absolute Gasteiger partial charge is 0.497 e. The van der Waals surface area contributed by atoms with Crippen molar-refractivity contribution in [1.82, 2.24) is 19.4 Å². The van der Waals surface area contributed by atoms with Gasteiger partial charge in [0.05, 0.1) is 24.6 Å². The van der Waals surface area contributed by atoms with E-state index in [0.29, 0.717) is 41.0 Å². The molecule has 1 aliphatic heterocycles. The first kappa shape index (κ1) is 33.2. The monoisotopic (exact) mass is 638 g/mol. The van der Waals surface area contributed by atoms with Gasteiger partial charge >= 0.3 is 0 Å². The molecule has 0 aliphatic carbocycles. The van der Waals surface area contributed by atoms with Crippen molar-refractivity contribution in [2.75, 3.05) is 51.0 Å². The number of aromatic nitrogens is 2. The lowest BCUT2D eigenvalue weighted by Gasteiger charge is -2.31. The molecule has 1 saturated heterocycles. The number of rotatable bonds is 12. The summed E-state index contributed by atoms with van der Waals surface area (Å²) in [4.78, 5) is 41.3. The molecule has 3 heterocycles. The van der Waals surface area contributed by atoms with E-state index in [1.165, 1.54) is 0 Å². The summed E-state index contributed by atoms with van der Waals surface area (Å²) in [6, 6.07) is 18.3. The Morgan fingerprint density at radius 2 is 1.40 bits per heavy atom. The lowest BCUT2D eigenvalue weighted by atomic mass is 10.1. The van der Waals surface area contributed by atoms with Crippen LogP contribution in [0.4, 0.5) is 11.4 Å². The van der Waals surface area contributed by atoms with Gasteiger partial charge in [-0.2, -0.15) is 0 Å². The standard InChI is InChI=1S/C36H42N6O5/c1-40-24-29(21-32(40)35(44)37-16-19-42-17-14-30(46-3)15-18-42)39-36(45)33-22-28(23-41(33)2)38-34(43)27-12-10-25(11-13-27)8-9-26-6-5-7-31(20-26)47-4/h5-13,20-24,30H,14-19H2,1-4H3,(H,37,44)(H,38,43)(H,39,45)/b9-8+. The van der Waals surface area contributed by atoms with Crippen LogP contribution in [-0.4, -0.2) is 78.3 Å². The molecular weight excluding hydrogens is 596 g/mol. The molecule has 3 amide bonds. The molecule has 3 N–H and O–H groups in total. The predicted molar refractivity (Wildman–Crippen MR) is 184 cm³/mol. The van der Waals surface area contributed by atoms with Gasteiger partial charge in [0, 0.05) is 65.3 Å². The summed E-state index contributed by atoms with van der Waals surface area (Å²) >= 11 is 0. The van der Waals surface area contributed by atoms with Gasteiger partial charge in [0.2, 0.25) is 0 Å². The summed E-state index contributed by atoms with van der Waals surface area (Å²) in [5, 5.41) is 8.70. The van der Waals surface area contributed by atoms with Crippen molar-refractivity contribution in [2.24, 2.45) is 14.1 Å². The topological polar surface area (TPSA) is 119 Å². The molecule has 2 aromatic heterocycles. The van der Waals surface area contributed by atoms with Gasteiger partial charge < -0.3 is 39.5 Å². The second-order valence-electron chi connectivity index (χ2n) is 11.6. The number of likely N-dealkylation sites (tertiary alicyclic amines) is 1. The van der Waals surface area contributed by atoms with Crippen molar-refractivity contribution in [2.45, 2.75) is 18.9 Å². The zero-order valence-electron chi connectivity index (χ0n) is 27.3. The maximum absolute atomic E-state index is 13.1. The van der Waals surface area contributed by atoms with Crippen LogP contribution in [0.25, 0.3) is 12.2 Å². The maximum atomic E-state index is 13.1. The van der Waals surface area contributed by atoms with Gasteiger partial charge in [0.1, 0.15) is 17.1 Å². The van der Waals surface area contributed by atoms with Crippen LogP contribution in [0.3, 0.4) is 0 Å². The Hall–Kier alpha value is -5.13. The first-order valence-corrected chi connectivity index (χ1v) is 15.6. The molecule has 0 bridgehead atoms. The highest BCUT2D eigenvalue weighted by atomic mass is 16.5. The SMILES string of the molecule is COc1cccc(/C=C/c2ccc(C(=O)Nc3cc(C(=O)Nc4cc(C(=O)NCCN5CCC(OC)CC5)n(C)c4)n(C)c3)cc2)c1. The fourth-order valence-electron chi connectivity index (χ4n) is 5.59. The summed E-state index contributed by atoms with van der Waals surface area (Å²) in [6.45, 7) is 3.22. The Kier molecular flexibility index (Phi) is 10.9. The number of hydrogen-bond acceptors (Lipinski definition) is 6. The third kappa shape index (κ3) is 8.78. The Labute approximate surface area is 275 Å². The van der Waals surface area contributed by atoms with Crippen LogP contribution in [0.2, 0.25) is 0 Å². The quantitative estimate of drug-likeness (QED) is 0.190. The molecule has 1 fully saturated rings. The van der Waals surface area contributed by atoms with E-state index in [9.17, 15) is 14.4 Å². The molecule has 1 aliphatic rings. The van der Waals surface area contributed by atoms with E-state index in [1.54, 1.807) is 74.1 Å². The molecule has 11 heteroatoms. The highest BCUT2D eigenvalue weighted by Crippen LogP contribution is 2.20. The van der Waals surface area contributed by atoms with Gasteiger partial charge in [-0.15, -0.1) is 0 Å². The number of aryl methyl sites for hydroxylation is 2. The van der Waals surface area contributed by atoms with E-state index >= 15 is 0 Å². The van der Waals surface area contributed by atoms with E-state index in [2.05, 4.69) is 20.9 Å². The van der Waals surface area contributed by atoms with Crippen LogP contribution in [0.5, 0.6) is 5.75 Å². The fourth-order valence-corrected chi connectivity index (χ4v) is 5.59. The van der Waals surface area contributed by atoms with Crippen LogP contribution in [0.15, 0.2) is 73.1 Å². The van der Waals surface area contributed by atoms with Crippen LogP contribution < -0.4 is 20.7 Å². The number of anilines is 2. The number of nitrogens with one attached hydrogen (secondary N) is 3. The molecule has 0 spiro atoms. The summed E-state index contributed by atoms with van der Waals surface area (Å²) in [5.74, 6) is -0.0683. The van der Waals surface area contributed by atoms with Crippen molar-refractivity contribution < 1.29 is 23.9 Å². The fraction of sp³-hybridized carbons (Fsp3) is 0.306. The number of methoxy groups -OCH3 is 2. The molecule has 0 saturated carbocycles. The van der Waals surface area contributed by atoms with Gasteiger partial charge in [-0.3, -0.25) is 14.4 Å². The number of amides is 3. The molecule has 5 rings (SSSR count). The molecular formula is C36H42N6O5. The molecule has 0 radical (unpaired) electrons. The van der Waals surface area contributed by atoms with Crippen molar-refractivity contribution in [1.29, 1.82) is 0 Å². The van der Waals surface area contributed by atoms with E-state index in [-0.39, 0.29) is 17.7 Å². The van der Waals surface area contributed by atoms with Gasteiger partial charge in [-0.1, -0.05) is 36.4 Å². The Morgan fingerprint density at radius 3 is 2.04 bits per heavy atom. The second-order valence-corrected chi connectivity index (χ2v) is 11.6. The number of hydrogen-bond donors (Lipinski definition) is 3. The molecule has 2 aromatic carbocycles. The Bertz CT molecular complexity index is 1730. The minimum Gasteiger partial charge on any atom is -0.497 e. The average molecular weight is 639 g/mol. The Morgan fingerprint density at radius 1 is 0.787 bits per heavy atom. The second kappa shape index (κ2) is 15.4. The van der Waals surface area contributed by atoms with E-state index in [1.807, 2.05) is 48.6 Å². The zero-order valence-corrected chi connectivity index (χ0v) is 27.3. The van der Waals surface area contributed by atoms with E-state index < -0.39 is 0 Å². The average Bonchev–Trinajstić information content (AvgIpc) is 3.64. The maximum Gasteiger partial charge on any atom is 0.272 e. The van der Waals surface area contributed by atoms with Crippen molar-refractivity contribution in [3.05, 3.63) is 101 Å². The van der Waals surface area contributed by atoms with Crippen molar-refractivity contribution in [3.63, 3.8) is 0 Å². The number of carbonyl (C=O) groups is 3. The number of benzene rings is 2. The molecule has 0 atom stereocenters. The van der Waals surface area contributed by atoms with Crippen molar-refractivity contribution in [3.8, 4) is 5.75 Å². The van der Waals surface area contributed by atoms with Gasteiger partial charge in [-0.05, 0) is 60.4 Å². The normalized spacial score (nSPS) is 13.9.